The summed E-state index contributed by atoms with van der Waals surface area (Å²) in [5, 5.41) is 12.5. The molecule has 7 heteroatoms. The average molecular weight is 487 g/mol. The van der Waals surface area contributed by atoms with Gasteiger partial charge in [0.2, 0.25) is 0 Å². The van der Waals surface area contributed by atoms with Gasteiger partial charge in [0.1, 0.15) is 29.7 Å². The van der Waals surface area contributed by atoms with Crippen LogP contribution in [-0.2, 0) is 11.4 Å². The molecule has 0 fully saturated rings. The van der Waals surface area contributed by atoms with E-state index in [0.717, 1.165) is 11.1 Å². The van der Waals surface area contributed by atoms with Crippen LogP contribution in [0, 0.1) is 11.3 Å². The Balaban J connectivity index is 1.78. The van der Waals surface area contributed by atoms with Crippen LogP contribution in [0.5, 0.6) is 23.0 Å². The van der Waals surface area contributed by atoms with Crippen molar-refractivity contribution < 1.29 is 23.7 Å². The summed E-state index contributed by atoms with van der Waals surface area (Å²) in [4.78, 5) is 12.7. The van der Waals surface area contributed by atoms with Crippen molar-refractivity contribution in [2.45, 2.75) is 26.5 Å². The standard InChI is InChI=1S/C29H30N2O5/c1-5-35-28-16-21(15-23(18-30)29(32)31-20(2)22-9-7-6-8-10-22)11-13-27(28)36-19-24-17-25(33-3)12-14-26(24)34-4/h6-17,20H,5,19H2,1-4H3,(H,31,32)/b23-15+/t20-/m0/s1. The summed E-state index contributed by atoms with van der Waals surface area (Å²) in [5.74, 6) is 1.96. The van der Waals surface area contributed by atoms with Crippen molar-refractivity contribution in [1.29, 1.82) is 5.26 Å². The van der Waals surface area contributed by atoms with Crippen LogP contribution in [0.2, 0.25) is 0 Å². The van der Waals surface area contributed by atoms with Crippen LogP contribution in [0.4, 0.5) is 0 Å². The predicted molar refractivity (Wildman–Crippen MR) is 138 cm³/mol. The minimum absolute atomic E-state index is 0.00462. The van der Waals surface area contributed by atoms with Gasteiger partial charge in [0, 0.05) is 5.56 Å². The van der Waals surface area contributed by atoms with Crippen LogP contribution in [0.3, 0.4) is 0 Å². The van der Waals surface area contributed by atoms with Crippen LogP contribution in [0.25, 0.3) is 6.08 Å². The van der Waals surface area contributed by atoms with E-state index in [1.807, 2.05) is 68.4 Å². The number of amides is 1. The quantitative estimate of drug-likeness (QED) is 0.286. The molecule has 0 aromatic heterocycles. The molecule has 36 heavy (non-hydrogen) atoms. The minimum atomic E-state index is -0.447. The number of benzene rings is 3. The Morgan fingerprint density at radius 1 is 0.972 bits per heavy atom. The second-order valence-electron chi connectivity index (χ2n) is 7.88. The molecule has 186 valence electrons. The molecule has 1 amide bonds. The van der Waals surface area contributed by atoms with Crippen molar-refractivity contribution in [3.63, 3.8) is 0 Å². The molecule has 0 saturated carbocycles. The Kier molecular flexibility index (Phi) is 9.35. The fourth-order valence-electron chi connectivity index (χ4n) is 3.57. The smallest absolute Gasteiger partial charge is 0.262 e. The van der Waals surface area contributed by atoms with Gasteiger partial charge < -0.3 is 24.3 Å². The molecule has 0 heterocycles. The van der Waals surface area contributed by atoms with Gasteiger partial charge in [-0.2, -0.15) is 5.26 Å². The fourth-order valence-corrected chi connectivity index (χ4v) is 3.57. The van der Waals surface area contributed by atoms with E-state index in [-0.39, 0.29) is 18.2 Å². The number of hydrogen-bond acceptors (Lipinski definition) is 6. The zero-order chi connectivity index (χ0) is 25.9. The zero-order valence-corrected chi connectivity index (χ0v) is 20.9. The van der Waals surface area contributed by atoms with Gasteiger partial charge in [0.25, 0.3) is 5.91 Å². The van der Waals surface area contributed by atoms with E-state index in [2.05, 4.69) is 5.32 Å². The van der Waals surface area contributed by atoms with Crippen molar-refractivity contribution in [2.75, 3.05) is 20.8 Å². The van der Waals surface area contributed by atoms with E-state index in [1.165, 1.54) is 6.08 Å². The number of carbonyl (C=O) groups excluding carboxylic acids is 1. The van der Waals surface area contributed by atoms with Crippen molar-refractivity contribution in [3.05, 3.63) is 89.0 Å². The molecule has 3 aromatic carbocycles. The number of methoxy groups -OCH3 is 2. The monoisotopic (exact) mass is 486 g/mol. The number of nitriles is 1. The highest BCUT2D eigenvalue weighted by Gasteiger charge is 2.15. The minimum Gasteiger partial charge on any atom is -0.497 e. The van der Waals surface area contributed by atoms with E-state index in [4.69, 9.17) is 18.9 Å². The van der Waals surface area contributed by atoms with Crippen LogP contribution in [0.15, 0.2) is 72.3 Å². The third-order valence-corrected chi connectivity index (χ3v) is 5.46. The molecule has 0 aliphatic rings. The topological polar surface area (TPSA) is 89.8 Å². The number of rotatable bonds is 11. The molecule has 0 bridgehead atoms. The number of nitrogens with zero attached hydrogens (tertiary/aromatic N) is 1. The maximum absolute atomic E-state index is 12.7. The SMILES string of the molecule is CCOc1cc(/C=C(\C#N)C(=O)N[C@@H](C)c2ccccc2)ccc1OCc1cc(OC)ccc1OC. The molecule has 3 aromatic rings. The third-order valence-electron chi connectivity index (χ3n) is 5.46. The molecule has 1 atom stereocenters. The molecule has 0 saturated heterocycles. The Morgan fingerprint density at radius 3 is 2.39 bits per heavy atom. The van der Waals surface area contributed by atoms with Gasteiger partial charge >= 0.3 is 0 Å². The summed E-state index contributed by atoms with van der Waals surface area (Å²) in [6.07, 6.45) is 1.53. The maximum Gasteiger partial charge on any atom is 0.262 e. The second-order valence-corrected chi connectivity index (χ2v) is 7.88. The lowest BCUT2D eigenvalue weighted by Gasteiger charge is -2.15. The van der Waals surface area contributed by atoms with Crippen molar-refractivity contribution in [2.24, 2.45) is 0 Å². The fraction of sp³-hybridized carbons (Fsp3) is 0.241. The molecule has 0 aliphatic heterocycles. The summed E-state index contributed by atoms with van der Waals surface area (Å²) in [6, 6.07) is 22.1. The molecule has 0 aliphatic carbocycles. The first-order chi connectivity index (χ1) is 17.5. The first-order valence-corrected chi connectivity index (χ1v) is 11.6. The predicted octanol–water partition coefficient (Wildman–Crippen LogP) is 5.47. The number of ether oxygens (including phenoxy) is 4. The lowest BCUT2D eigenvalue weighted by Crippen LogP contribution is -2.27. The van der Waals surface area contributed by atoms with Gasteiger partial charge in [-0.25, -0.2) is 0 Å². The highest BCUT2D eigenvalue weighted by molar-refractivity contribution is 6.01. The number of carbonyl (C=O) groups is 1. The molecule has 1 N–H and O–H groups in total. The largest absolute Gasteiger partial charge is 0.497 e. The van der Waals surface area contributed by atoms with E-state index in [9.17, 15) is 10.1 Å². The summed E-state index contributed by atoms with van der Waals surface area (Å²) in [6.45, 7) is 4.40. The second kappa shape index (κ2) is 12.9. The Labute approximate surface area is 211 Å². The van der Waals surface area contributed by atoms with Gasteiger partial charge in [-0.05, 0) is 61.4 Å². The Morgan fingerprint density at radius 2 is 1.72 bits per heavy atom. The summed E-state index contributed by atoms with van der Waals surface area (Å²) >= 11 is 0. The average Bonchev–Trinajstić information content (AvgIpc) is 2.91. The molecule has 0 radical (unpaired) electrons. The van der Waals surface area contributed by atoms with Crippen LogP contribution in [0.1, 0.15) is 36.6 Å². The van der Waals surface area contributed by atoms with Gasteiger partial charge in [-0.3, -0.25) is 4.79 Å². The van der Waals surface area contributed by atoms with Gasteiger partial charge in [0.05, 0.1) is 26.9 Å². The summed E-state index contributed by atoms with van der Waals surface area (Å²) < 4.78 is 22.5. The first-order valence-electron chi connectivity index (χ1n) is 11.6. The molecular formula is C29H30N2O5. The Bertz CT molecular complexity index is 1250. The van der Waals surface area contributed by atoms with Crippen LogP contribution < -0.4 is 24.3 Å². The molecular weight excluding hydrogens is 456 g/mol. The normalized spacial score (nSPS) is 11.7. The lowest BCUT2D eigenvalue weighted by molar-refractivity contribution is -0.117. The number of nitrogens with one attached hydrogen (secondary N) is 1. The highest BCUT2D eigenvalue weighted by atomic mass is 16.5. The molecule has 7 nitrogen and oxygen atoms in total. The molecule has 0 unspecified atom stereocenters. The van der Waals surface area contributed by atoms with Crippen LogP contribution in [-0.4, -0.2) is 26.7 Å². The summed E-state index contributed by atoms with van der Waals surface area (Å²) in [7, 11) is 3.20. The third kappa shape index (κ3) is 6.80. The van der Waals surface area contributed by atoms with E-state index in [1.54, 1.807) is 32.4 Å². The van der Waals surface area contributed by atoms with E-state index >= 15 is 0 Å². The molecule has 0 spiro atoms. The lowest BCUT2D eigenvalue weighted by atomic mass is 10.1. The zero-order valence-electron chi connectivity index (χ0n) is 20.9. The van der Waals surface area contributed by atoms with E-state index in [0.29, 0.717) is 35.2 Å². The number of hydrogen-bond donors (Lipinski definition) is 1. The molecule has 3 rings (SSSR count). The van der Waals surface area contributed by atoms with Gasteiger partial charge in [0.15, 0.2) is 11.5 Å². The van der Waals surface area contributed by atoms with Gasteiger partial charge in [-0.15, -0.1) is 0 Å². The highest BCUT2D eigenvalue weighted by Crippen LogP contribution is 2.32. The van der Waals surface area contributed by atoms with Crippen molar-refractivity contribution in [1.82, 2.24) is 5.32 Å². The van der Waals surface area contributed by atoms with E-state index < -0.39 is 5.91 Å². The summed E-state index contributed by atoms with van der Waals surface area (Å²) in [5.41, 5.74) is 2.41. The Hall–Kier alpha value is -4.44. The van der Waals surface area contributed by atoms with Crippen LogP contribution >= 0.6 is 0 Å². The maximum atomic E-state index is 12.7. The van der Waals surface area contributed by atoms with Crippen molar-refractivity contribution >= 4 is 12.0 Å². The first kappa shape index (κ1) is 26.2. The van der Waals surface area contributed by atoms with Gasteiger partial charge in [-0.1, -0.05) is 36.4 Å². The van der Waals surface area contributed by atoms with Crippen molar-refractivity contribution in [3.8, 4) is 29.1 Å².